The first-order valence-electron chi connectivity index (χ1n) is 10.8. The van der Waals surface area contributed by atoms with E-state index in [4.69, 9.17) is 14.5 Å². The summed E-state index contributed by atoms with van der Waals surface area (Å²) < 4.78 is 11.4. The smallest absolute Gasteiger partial charge is 0.191 e. The summed E-state index contributed by atoms with van der Waals surface area (Å²) in [6.07, 6.45) is 1.22. The van der Waals surface area contributed by atoms with Crippen molar-refractivity contribution >= 4 is 41.7 Å². The van der Waals surface area contributed by atoms with Gasteiger partial charge in [-0.15, -0.1) is 24.0 Å². The quantitative estimate of drug-likeness (QED) is 0.296. The van der Waals surface area contributed by atoms with E-state index >= 15 is 0 Å². The van der Waals surface area contributed by atoms with Crippen LogP contribution in [0.3, 0.4) is 0 Å². The number of morpholine rings is 1. The van der Waals surface area contributed by atoms with E-state index in [0.29, 0.717) is 13.2 Å². The molecule has 0 bridgehead atoms. The highest BCUT2D eigenvalue weighted by Gasteiger charge is 2.40. The summed E-state index contributed by atoms with van der Waals surface area (Å²) >= 11 is 2.06. The van der Waals surface area contributed by atoms with Crippen molar-refractivity contribution in [3.8, 4) is 5.75 Å². The number of aryl methyl sites for hydroxylation is 1. The van der Waals surface area contributed by atoms with Crippen molar-refractivity contribution in [1.29, 1.82) is 0 Å². The molecule has 1 aromatic carbocycles. The van der Waals surface area contributed by atoms with Gasteiger partial charge in [0.05, 0.1) is 26.4 Å². The van der Waals surface area contributed by atoms with Crippen molar-refractivity contribution in [3.63, 3.8) is 0 Å². The third-order valence-electron chi connectivity index (χ3n) is 5.62. The average Bonchev–Trinajstić information content (AvgIpc) is 3.22. The van der Waals surface area contributed by atoms with E-state index in [9.17, 15) is 0 Å². The Morgan fingerprint density at radius 1 is 1.27 bits per heavy atom. The molecule has 0 aromatic heterocycles. The van der Waals surface area contributed by atoms with Gasteiger partial charge >= 0.3 is 0 Å². The van der Waals surface area contributed by atoms with Crippen molar-refractivity contribution < 1.29 is 9.47 Å². The van der Waals surface area contributed by atoms with Crippen LogP contribution in [0.5, 0.6) is 5.75 Å². The zero-order valence-electron chi connectivity index (χ0n) is 18.5. The maximum Gasteiger partial charge on any atom is 0.191 e. The number of ether oxygens (including phenoxy) is 2. The number of benzene rings is 1. The van der Waals surface area contributed by atoms with Crippen molar-refractivity contribution in [2.45, 2.75) is 39.3 Å². The predicted octanol–water partition coefficient (Wildman–Crippen LogP) is 3.27. The highest BCUT2D eigenvalue weighted by molar-refractivity contribution is 14.0. The van der Waals surface area contributed by atoms with Gasteiger partial charge in [-0.25, -0.2) is 4.99 Å². The van der Waals surface area contributed by atoms with Gasteiger partial charge in [0, 0.05) is 43.0 Å². The van der Waals surface area contributed by atoms with Gasteiger partial charge in [0.25, 0.3) is 0 Å². The second kappa shape index (κ2) is 13.0. The van der Waals surface area contributed by atoms with Crippen LogP contribution in [0.4, 0.5) is 0 Å². The number of rotatable bonds is 8. The summed E-state index contributed by atoms with van der Waals surface area (Å²) in [6, 6.07) is 6.34. The molecule has 0 amide bonds. The van der Waals surface area contributed by atoms with Gasteiger partial charge in [0.2, 0.25) is 0 Å². The molecule has 2 N–H and O–H groups in total. The van der Waals surface area contributed by atoms with Gasteiger partial charge in [-0.05, 0) is 44.6 Å². The number of aliphatic imine (C=N–C) groups is 1. The molecule has 2 saturated heterocycles. The lowest BCUT2D eigenvalue weighted by molar-refractivity contribution is -0.0120. The molecular formula is C22H37IN4O2S. The molecule has 1 atom stereocenters. The summed E-state index contributed by atoms with van der Waals surface area (Å²) in [7, 11) is 0. The lowest BCUT2D eigenvalue weighted by atomic mass is 9.95. The van der Waals surface area contributed by atoms with Crippen LogP contribution in [0.15, 0.2) is 23.2 Å². The van der Waals surface area contributed by atoms with Crippen LogP contribution in [0.2, 0.25) is 0 Å². The Morgan fingerprint density at radius 2 is 2.07 bits per heavy atom. The normalized spacial score (nSPS) is 22.4. The zero-order chi connectivity index (χ0) is 20.5. The van der Waals surface area contributed by atoms with Crippen LogP contribution in [0.1, 0.15) is 31.4 Å². The monoisotopic (exact) mass is 548 g/mol. The van der Waals surface area contributed by atoms with Gasteiger partial charge in [0.1, 0.15) is 5.75 Å². The molecule has 30 heavy (non-hydrogen) atoms. The van der Waals surface area contributed by atoms with E-state index in [1.54, 1.807) is 0 Å². The van der Waals surface area contributed by atoms with Gasteiger partial charge in [-0.1, -0.05) is 12.1 Å². The molecular weight excluding hydrogens is 511 g/mol. The minimum atomic E-state index is 0. The van der Waals surface area contributed by atoms with Crippen LogP contribution >= 0.6 is 35.7 Å². The standard InChI is InChI=1S/C22H36N4O2S.HI/c1-4-23-21(24-15-19-7-6-18(3)14-20(19)28-5-2)25-16-22(8-13-29-17-22)26-9-11-27-12-10-26;/h6-7,14H,4-5,8-13,15-17H2,1-3H3,(H2,23,24,25);1H. The maximum atomic E-state index is 5.82. The van der Waals surface area contributed by atoms with Crippen LogP contribution < -0.4 is 15.4 Å². The summed E-state index contributed by atoms with van der Waals surface area (Å²) in [5, 5.41) is 7.04. The van der Waals surface area contributed by atoms with Crippen molar-refractivity contribution in [1.82, 2.24) is 15.5 Å². The molecule has 170 valence electrons. The minimum absolute atomic E-state index is 0. The molecule has 1 aromatic rings. The van der Waals surface area contributed by atoms with Crippen molar-refractivity contribution in [3.05, 3.63) is 29.3 Å². The molecule has 0 aliphatic carbocycles. The number of halogens is 1. The number of thioether (sulfide) groups is 1. The summed E-state index contributed by atoms with van der Waals surface area (Å²) in [5.41, 5.74) is 2.52. The lowest BCUT2D eigenvalue weighted by Gasteiger charge is -2.43. The zero-order valence-corrected chi connectivity index (χ0v) is 21.7. The Kier molecular flexibility index (Phi) is 11.1. The topological polar surface area (TPSA) is 58.1 Å². The molecule has 0 saturated carbocycles. The maximum absolute atomic E-state index is 5.82. The second-order valence-corrected chi connectivity index (χ2v) is 8.82. The first kappa shape index (κ1) is 25.5. The van der Waals surface area contributed by atoms with Crippen molar-refractivity contribution in [2.24, 2.45) is 4.99 Å². The van der Waals surface area contributed by atoms with E-state index in [1.165, 1.54) is 23.5 Å². The van der Waals surface area contributed by atoms with Crippen LogP contribution in [-0.4, -0.2) is 73.9 Å². The second-order valence-electron chi connectivity index (χ2n) is 7.72. The average molecular weight is 549 g/mol. The lowest BCUT2D eigenvalue weighted by Crippen LogP contribution is -2.60. The minimum Gasteiger partial charge on any atom is -0.494 e. The molecule has 2 aliphatic rings. The predicted molar refractivity (Wildman–Crippen MR) is 138 cm³/mol. The van der Waals surface area contributed by atoms with Gasteiger partial charge in [-0.2, -0.15) is 11.8 Å². The van der Waals surface area contributed by atoms with E-state index in [-0.39, 0.29) is 29.5 Å². The van der Waals surface area contributed by atoms with Crippen LogP contribution in [0, 0.1) is 6.92 Å². The molecule has 3 rings (SSSR count). The van der Waals surface area contributed by atoms with Gasteiger partial charge < -0.3 is 20.1 Å². The summed E-state index contributed by atoms with van der Waals surface area (Å²) in [6.45, 7) is 13.0. The number of guanidine groups is 1. The van der Waals surface area contributed by atoms with Gasteiger partial charge in [-0.3, -0.25) is 4.90 Å². The SMILES string of the molecule is CCNC(=NCc1ccc(C)cc1OCC)NCC1(N2CCOCC2)CCSC1.I. The van der Waals surface area contributed by atoms with E-state index in [0.717, 1.165) is 56.7 Å². The van der Waals surface area contributed by atoms with Crippen LogP contribution in [0.25, 0.3) is 0 Å². The van der Waals surface area contributed by atoms with E-state index in [1.807, 2.05) is 6.92 Å². The number of hydrogen-bond donors (Lipinski definition) is 2. The molecule has 2 aliphatic heterocycles. The molecule has 0 spiro atoms. The Hall–Kier alpha value is -0.710. The first-order chi connectivity index (χ1) is 14.2. The Labute approximate surface area is 203 Å². The molecule has 1 unspecified atom stereocenters. The molecule has 8 heteroatoms. The van der Waals surface area contributed by atoms with Gasteiger partial charge in [0.15, 0.2) is 5.96 Å². The Bertz CT molecular complexity index is 677. The number of nitrogens with one attached hydrogen (secondary N) is 2. The molecule has 0 radical (unpaired) electrons. The fourth-order valence-corrected chi connectivity index (χ4v) is 5.45. The first-order valence-corrected chi connectivity index (χ1v) is 12.0. The Morgan fingerprint density at radius 3 is 2.73 bits per heavy atom. The van der Waals surface area contributed by atoms with E-state index < -0.39 is 0 Å². The van der Waals surface area contributed by atoms with Crippen molar-refractivity contribution in [2.75, 3.05) is 57.5 Å². The third kappa shape index (κ3) is 6.90. The highest BCUT2D eigenvalue weighted by atomic mass is 127. The fraction of sp³-hybridized carbons (Fsp3) is 0.682. The molecule has 6 nitrogen and oxygen atoms in total. The van der Waals surface area contributed by atoms with Crippen LogP contribution in [-0.2, 0) is 11.3 Å². The third-order valence-corrected chi connectivity index (χ3v) is 6.86. The summed E-state index contributed by atoms with van der Waals surface area (Å²) in [5.74, 6) is 4.21. The van der Waals surface area contributed by atoms with E-state index in [2.05, 4.69) is 59.3 Å². The molecule has 2 heterocycles. The highest BCUT2D eigenvalue weighted by Crippen LogP contribution is 2.33. The molecule has 2 fully saturated rings. The largest absolute Gasteiger partial charge is 0.494 e. The summed E-state index contributed by atoms with van der Waals surface area (Å²) in [4.78, 5) is 7.48. The Balaban J connectivity index is 0.00000320. The fourth-order valence-electron chi connectivity index (χ4n) is 3.97. The number of hydrogen-bond acceptors (Lipinski definition) is 5. The number of nitrogens with zero attached hydrogens (tertiary/aromatic N) is 2.